The molecule has 0 spiro atoms. The van der Waals surface area contributed by atoms with E-state index < -0.39 is 5.67 Å². The summed E-state index contributed by atoms with van der Waals surface area (Å²) in [5.41, 5.74) is 0.116. The van der Waals surface area contributed by atoms with E-state index in [4.69, 9.17) is 5.26 Å². The highest BCUT2D eigenvalue weighted by atomic mass is 79.9. The summed E-state index contributed by atoms with van der Waals surface area (Å²) < 4.78 is 14.8. The van der Waals surface area contributed by atoms with Gasteiger partial charge in [-0.05, 0) is 22.4 Å². The number of anilines is 1. The van der Waals surface area contributed by atoms with Gasteiger partial charge >= 0.3 is 0 Å². The molecule has 0 amide bonds. The van der Waals surface area contributed by atoms with Crippen molar-refractivity contribution >= 4 is 21.6 Å². The Hall–Kier alpha value is -1.15. The van der Waals surface area contributed by atoms with Crippen LogP contribution >= 0.6 is 15.9 Å². The lowest BCUT2D eigenvalue weighted by Gasteiger charge is -2.21. The summed E-state index contributed by atoms with van der Waals surface area (Å²) in [7, 11) is 0. The van der Waals surface area contributed by atoms with Gasteiger partial charge in [0.15, 0.2) is 0 Å². The first-order valence-electron chi connectivity index (χ1n) is 5.57. The van der Waals surface area contributed by atoms with E-state index in [-0.39, 0.29) is 0 Å². The Morgan fingerprint density at radius 3 is 3.00 bits per heavy atom. The minimum absolute atomic E-state index is 0.344. The molecule has 0 aliphatic carbocycles. The molecule has 1 fully saturated rings. The van der Waals surface area contributed by atoms with Crippen LogP contribution < -0.4 is 4.90 Å². The Balaban J connectivity index is 2.32. The van der Waals surface area contributed by atoms with Crippen LogP contribution in [0.4, 0.5) is 10.1 Å². The Labute approximate surface area is 108 Å². The van der Waals surface area contributed by atoms with Gasteiger partial charge in [-0.3, -0.25) is 4.98 Å². The Kier molecular flexibility index (Phi) is 3.34. The fourth-order valence-electron chi connectivity index (χ4n) is 2.10. The predicted molar refractivity (Wildman–Crippen MR) is 67.6 cm³/mol. The maximum absolute atomic E-state index is 14.2. The third-order valence-corrected chi connectivity index (χ3v) is 3.87. The van der Waals surface area contributed by atoms with Crippen LogP contribution in [0.15, 0.2) is 16.9 Å². The quantitative estimate of drug-likeness (QED) is 0.842. The van der Waals surface area contributed by atoms with Crippen LogP contribution in [0.2, 0.25) is 0 Å². The van der Waals surface area contributed by atoms with Crippen molar-refractivity contribution in [3.8, 4) is 6.07 Å². The van der Waals surface area contributed by atoms with E-state index in [1.165, 1.54) is 0 Å². The van der Waals surface area contributed by atoms with Gasteiger partial charge in [-0.25, -0.2) is 4.39 Å². The van der Waals surface area contributed by atoms with E-state index in [0.717, 1.165) is 5.69 Å². The van der Waals surface area contributed by atoms with Crippen molar-refractivity contribution < 1.29 is 4.39 Å². The van der Waals surface area contributed by atoms with Gasteiger partial charge in [0, 0.05) is 19.2 Å². The lowest BCUT2D eigenvalue weighted by molar-refractivity contribution is 0.187. The first-order valence-corrected chi connectivity index (χ1v) is 6.36. The van der Waals surface area contributed by atoms with E-state index >= 15 is 0 Å². The number of hydrogen-bond donors (Lipinski definition) is 0. The number of nitrogens with zero attached hydrogens (tertiary/aromatic N) is 3. The third kappa shape index (κ3) is 2.27. The van der Waals surface area contributed by atoms with E-state index in [1.807, 2.05) is 11.8 Å². The SMILES string of the molecule is CCC1(F)CCN(c2cncc(Br)c2C#N)C1. The molecule has 1 aromatic heterocycles. The summed E-state index contributed by atoms with van der Waals surface area (Å²) in [6, 6.07) is 2.14. The minimum Gasteiger partial charge on any atom is -0.366 e. The molecule has 0 saturated carbocycles. The van der Waals surface area contributed by atoms with Crippen LogP contribution in [-0.2, 0) is 0 Å². The monoisotopic (exact) mass is 297 g/mol. The van der Waals surface area contributed by atoms with E-state index in [0.29, 0.717) is 36.0 Å². The third-order valence-electron chi connectivity index (χ3n) is 3.27. The number of pyridine rings is 1. The van der Waals surface area contributed by atoms with E-state index in [2.05, 4.69) is 27.0 Å². The molecule has 2 rings (SSSR count). The molecule has 1 aliphatic rings. The van der Waals surface area contributed by atoms with Crippen LogP contribution in [0.1, 0.15) is 25.3 Å². The molecule has 1 aromatic rings. The molecule has 1 saturated heterocycles. The average Bonchev–Trinajstić information content (AvgIpc) is 2.72. The van der Waals surface area contributed by atoms with Crippen molar-refractivity contribution in [1.82, 2.24) is 4.98 Å². The van der Waals surface area contributed by atoms with Gasteiger partial charge in [0.1, 0.15) is 11.7 Å². The van der Waals surface area contributed by atoms with Crippen molar-refractivity contribution in [3.05, 3.63) is 22.4 Å². The highest BCUT2D eigenvalue weighted by Gasteiger charge is 2.37. The molecule has 1 aliphatic heterocycles. The number of rotatable bonds is 2. The van der Waals surface area contributed by atoms with Gasteiger partial charge in [-0.2, -0.15) is 5.26 Å². The van der Waals surface area contributed by atoms with Crippen molar-refractivity contribution in [2.45, 2.75) is 25.4 Å². The zero-order chi connectivity index (χ0) is 12.5. The van der Waals surface area contributed by atoms with E-state index in [1.54, 1.807) is 12.4 Å². The van der Waals surface area contributed by atoms with Crippen molar-refractivity contribution in [1.29, 1.82) is 5.26 Å². The molecule has 90 valence electrons. The molecule has 0 bridgehead atoms. The van der Waals surface area contributed by atoms with Gasteiger partial charge in [-0.1, -0.05) is 6.92 Å². The summed E-state index contributed by atoms with van der Waals surface area (Å²) in [4.78, 5) is 5.95. The molecule has 3 nitrogen and oxygen atoms in total. The molecule has 1 atom stereocenters. The Morgan fingerprint density at radius 1 is 1.65 bits per heavy atom. The van der Waals surface area contributed by atoms with Gasteiger partial charge in [0.05, 0.1) is 28.5 Å². The van der Waals surface area contributed by atoms with Crippen LogP contribution in [0.25, 0.3) is 0 Å². The van der Waals surface area contributed by atoms with Gasteiger partial charge in [-0.15, -0.1) is 0 Å². The fourth-order valence-corrected chi connectivity index (χ4v) is 2.51. The smallest absolute Gasteiger partial charge is 0.129 e. The highest BCUT2D eigenvalue weighted by molar-refractivity contribution is 9.10. The highest BCUT2D eigenvalue weighted by Crippen LogP contribution is 2.34. The molecular weight excluding hydrogens is 285 g/mol. The fraction of sp³-hybridized carbons (Fsp3) is 0.500. The largest absolute Gasteiger partial charge is 0.366 e. The maximum atomic E-state index is 14.2. The second kappa shape index (κ2) is 4.61. The van der Waals surface area contributed by atoms with Crippen LogP contribution in [0, 0.1) is 11.3 Å². The Bertz CT molecular complexity index is 471. The molecular formula is C12H13BrFN3. The molecule has 0 N–H and O–H groups in total. The molecule has 5 heteroatoms. The Morgan fingerprint density at radius 2 is 2.41 bits per heavy atom. The average molecular weight is 298 g/mol. The summed E-state index contributed by atoms with van der Waals surface area (Å²) >= 11 is 3.29. The molecule has 17 heavy (non-hydrogen) atoms. The van der Waals surface area contributed by atoms with Crippen molar-refractivity contribution in [3.63, 3.8) is 0 Å². The van der Waals surface area contributed by atoms with Crippen molar-refractivity contribution in [2.24, 2.45) is 0 Å². The van der Waals surface area contributed by atoms with Gasteiger partial charge < -0.3 is 4.90 Å². The summed E-state index contributed by atoms with van der Waals surface area (Å²) in [6.45, 7) is 2.83. The summed E-state index contributed by atoms with van der Waals surface area (Å²) in [5, 5.41) is 9.12. The van der Waals surface area contributed by atoms with Gasteiger partial charge in [0.25, 0.3) is 0 Å². The molecule has 1 unspecified atom stereocenters. The van der Waals surface area contributed by atoms with Crippen LogP contribution in [0.3, 0.4) is 0 Å². The predicted octanol–water partition coefficient (Wildman–Crippen LogP) is 3.04. The minimum atomic E-state index is -1.13. The molecule has 0 aromatic carbocycles. The normalized spacial score (nSPS) is 23.8. The van der Waals surface area contributed by atoms with Gasteiger partial charge in [0.2, 0.25) is 0 Å². The number of alkyl halides is 1. The molecule has 0 radical (unpaired) electrons. The second-order valence-corrected chi connectivity index (χ2v) is 5.16. The lowest BCUT2D eigenvalue weighted by Crippen LogP contribution is -2.28. The topological polar surface area (TPSA) is 39.9 Å². The summed E-state index contributed by atoms with van der Waals surface area (Å²) in [6.07, 6.45) is 4.24. The van der Waals surface area contributed by atoms with Crippen LogP contribution in [0.5, 0.6) is 0 Å². The standard InChI is InChI=1S/C12H13BrFN3/c1-2-12(14)3-4-17(8-12)11-7-16-6-10(13)9(11)5-15/h6-7H,2-4,8H2,1H3. The first-order chi connectivity index (χ1) is 8.09. The van der Waals surface area contributed by atoms with Crippen molar-refractivity contribution in [2.75, 3.05) is 18.0 Å². The second-order valence-electron chi connectivity index (χ2n) is 4.30. The molecule has 2 heterocycles. The zero-order valence-electron chi connectivity index (χ0n) is 9.58. The summed E-state index contributed by atoms with van der Waals surface area (Å²) in [5.74, 6) is 0. The lowest BCUT2D eigenvalue weighted by atomic mass is 10.0. The van der Waals surface area contributed by atoms with E-state index in [9.17, 15) is 4.39 Å². The zero-order valence-corrected chi connectivity index (χ0v) is 11.2. The first kappa shape index (κ1) is 12.3. The number of aromatic nitrogens is 1. The number of nitriles is 1. The maximum Gasteiger partial charge on any atom is 0.129 e. The number of halogens is 2. The van der Waals surface area contributed by atoms with Crippen LogP contribution in [-0.4, -0.2) is 23.7 Å². The number of hydrogen-bond acceptors (Lipinski definition) is 3.